The average Bonchev–Trinajstić information content (AvgIpc) is 2.44. The van der Waals surface area contributed by atoms with Gasteiger partial charge in [-0.3, -0.25) is 4.79 Å². The van der Waals surface area contributed by atoms with Crippen LogP contribution in [0.4, 0.5) is 4.79 Å². The zero-order chi connectivity index (χ0) is 15.7. The molecule has 2 amide bonds. The summed E-state index contributed by atoms with van der Waals surface area (Å²) < 4.78 is 5.42. The Kier molecular flexibility index (Phi) is 8.12. The van der Waals surface area contributed by atoms with E-state index in [2.05, 4.69) is 19.2 Å². The van der Waals surface area contributed by atoms with Crippen molar-refractivity contribution in [1.82, 2.24) is 10.2 Å². The van der Waals surface area contributed by atoms with E-state index < -0.39 is 5.97 Å². The second-order valence-electron chi connectivity index (χ2n) is 6.09. The molecule has 1 unspecified atom stereocenters. The lowest BCUT2D eigenvalue weighted by Crippen LogP contribution is -2.46. The molecule has 1 aliphatic heterocycles. The maximum absolute atomic E-state index is 12.0. The number of carboxylic acid groups (broad SMARTS) is 1. The van der Waals surface area contributed by atoms with Crippen LogP contribution in [0.2, 0.25) is 0 Å². The van der Waals surface area contributed by atoms with Crippen molar-refractivity contribution in [2.75, 3.05) is 32.8 Å². The van der Waals surface area contributed by atoms with Crippen LogP contribution in [0.25, 0.3) is 0 Å². The number of likely N-dealkylation sites (tertiary alicyclic amines) is 1. The van der Waals surface area contributed by atoms with E-state index in [1.807, 2.05) is 0 Å². The highest BCUT2D eigenvalue weighted by Crippen LogP contribution is 2.20. The highest BCUT2D eigenvalue weighted by Gasteiger charge is 2.23. The molecule has 1 saturated heterocycles. The molecule has 21 heavy (non-hydrogen) atoms. The molecular formula is C15H28N2O4. The highest BCUT2D eigenvalue weighted by atomic mass is 16.5. The first-order chi connectivity index (χ1) is 9.99. The predicted molar refractivity (Wildman–Crippen MR) is 80.2 cm³/mol. The molecule has 0 radical (unpaired) electrons. The molecule has 0 bridgehead atoms. The Balaban J connectivity index is 2.19. The monoisotopic (exact) mass is 300 g/mol. The fraction of sp³-hybridized carbons (Fsp3) is 0.867. The van der Waals surface area contributed by atoms with Crippen molar-refractivity contribution in [3.8, 4) is 0 Å². The molecule has 0 saturated carbocycles. The first-order valence-electron chi connectivity index (χ1n) is 7.81. The number of carbonyl (C=O) groups excluding carboxylic acids is 1. The third kappa shape index (κ3) is 7.90. The summed E-state index contributed by atoms with van der Waals surface area (Å²) in [4.78, 5) is 24.4. The Morgan fingerprint density at radius 1 is 1.43 bits per heavy atom. The van der Waals surface area contributed by atoms with E-state index in [1.54, 1.807) is 4.90 Å². The summed E-state index contributed by atoms with van der Waals surface area (Å²) in [6.07, 6.45) is 2.79. The summed E-state index contributed by atoms with van der Waals surface area (Å²) in [5.74, 6) is 0.0365. The van der Waals surface area contributed by atoms with Crippen molar-refractivity contribution in [3.63, 3.8) is 0 Å². The van der Waals surface area contributed by atoms with Crippen LogP contribution in [-0.4, -0.2) is 54.9 Å². The van der Waals surface area contributed by atoms with Gasteiger partial charge in [-0.15, -0.1) is 0 Å². The lowest BCUT2D eigenvalue weighted by atomic mass is 9.93. The molecule has 0 aromatic rings. The number of ether oxygens (including phenoxy) is 1. The molecule has 1 fully saturated rings. The minimum absolute atomic E-state index is 0.0665. The fourth-order valence-electron chi connectivity index (χ4n) is 2.47. The van der Waals surface area contributed by atoms with Crippen LogP contribution < -0.4 is 5.32 Å². The first-order valence-corrected chi connectivity index (χ1v) is 7.81. The van der Waals surface area contributed by atoms with E-state index in [1.165, 1.54) is 0 Å². The predicted octanol–water partition coefficient (Wildman–Crippen LogP) is 1.95. The summed E-state index contributed by atoms with van der Waals surface area (Å²) in [5.41, 5.74) is 0. The summed E-state index contributed by atoms with van der Waals surface area (Å²) in [6.45, 7) is 7.33. The van der Waals surface area contributed by atoms with Crippen LogP contribution in [0.5, 0.6) is 0 Å². The number of piperidine rings is 1. The van der Waals surface area contributed by atoms with Gasteiger partial charge in [0.1, 0.15) is 0 Å². The Labute approximate surface area is 126 Å². The van der Waals surface area contributed by atoms with Crippen molar-refractivity contribution in [2.45, 2.75) is 39.5 Å². The van der Waals surface area contributed by atoms with Gasteiger partial charge in [-0.2, -0.15) is 0 Å². The number of hydrogen-bond donors (Lipinski definition) is 2. The van der Waals surface area contributed by atoms with Crippen molar-refractivity contribution >= 4 is 12.0 Å². The lowest BCUT2D eigenvalue weighted by Gasteiger charge is -2.32. The number of hydrogen-bond acceptors (Lipinski definition) is 3. The Morgan fingerprint density at radius 2 is 2.19 bits per heavy atom. The van der Waals surface area contributed by atoms with Gasteiger partial charge in [-0.05, 0) is 31.1 Å². The molecule has 0 aromatic heterocycles. The molecule has 6 heteroatoms. The van der Waals surface area contributed by atoms with E-state index in [0.717, 1.165) is 19.4 Å². The number of carbonyl (C=O) groups is 2. The fourth-order valence-corrected chi connectivity index (χ4v) is 2.47. The van der Waals surface area contributed by atoms with Crippen LogP contribution in [-0.2, 0) is 9.53 Å². The van der Waals surface area contributed by atoms with E-state index in [0.29, 0.717) is 44.6 Å². The maximum atomic E-state index is 12.0. The minimum atomic E-state index is -0.765. The van der Waals surface area contributed by atoms with Gasteiger partial charge in [0, 0.05) is 32.7 Å². The number of urea groups is 1. The van der Waals surface area contributed by atoms with Crippen LogP contribution in [0.15, 0.2) is 0 Å². The van der Waals surface area contributed by atoms with Crippen LogP contribution in [0, 0.1) is 11.8 Å². The second kappa shape index (κ2) is 9.60. The summed E-state index contributed by atoms with van der Waals surface area (Å²) in [5, 5.41) is 11.6. The topological polar surface area (TPSA) is 78.9 Å². The lowest BCUT2D eigenvalue weighted by molar-refractivity contribution is -0.137. The zero-order valence-electron chi connectivity index (χ0n) is 13.1. The van der Waals surface area contributed by atoms with Crippen LogP contribution in [0.3, 0.4) is 0 Å². The smallest absolute Gasteiger partial charge is 0.317 e. The molecule has 0 aliphatic carbocycles. The third-order valence-corrected chi connectivity index (χ3v) is 3.55. The molecule has 1 rings (SSSR count). The van der Waals surface area contributed by atoms with Gasteiger partial charge in [-0.1, -0.05) is 13.8 Å². The van der Waals surface area contributed by atoms with E-state index in [4.69, 9.17) is 9.84 Å². The minimum Gasteiger partial charge on any atom is -0.481 e. The van der Waals surface area contributed by atoms with Gasteiger partial charge >= 0.3 is 12.0 Å². The van der Waals surface area contributed by atoms with Crippen molar-refractivity contribution < 1.29 is 19.4 Å². The maximum Gasteiger partial charge on any atom is 0.317 e. The van der Waals surface area contributed by atoms with Crippen LogP contribution in [0.1, 0.15) is 39.5 Å². The van der Waals surface area contributed by atoms with E-state index >= 15 is 0 Å². The SMILES string of the molecule is CC(C)COCCNC(=O)N1CCCC(CCC(=O)O)C1. The van der Waals surface area contributed by atoms with Gasteiger partial charge < -0.3 is 20.1 Å². The Bertz CT molecular complexity index is 334. The normalized spacial score (nSPS) is 18.8. The Morgan fingerprint density at radius 3 is 2.86 bits per heavy atom. The summed E-state index contributed by atoms with van der Waals surface area (Å²) in [6, 6.07) is -0.0665. The molecular weight excluding hydrogens is 272 g/mol. The number of aliphatic carboxylic acids is 1. The second-order valence-corrected chi connectivity index (χ2v) is 6.09. The quantitative estimate of drug-likeness (QED) is 0.672. The number of carboxylic acids is 1. The zero-order valence-corrected chi connectivity index (χ0v) is 13.1. The summed E-state index contributed by atoms with van der Waals surface area (Å²) in [7, 11) is 0. The van der Waals surface area contributed by atoms with Gasteiger partial charge in [0.05, 0.1) is 6.61 Å². The number of nitrogens with one attached hydrogen (secondary N) is 1. The highest BCUT2D eigenvalue weighted by molar-refractivity contribution is 5.74. The molecule has 6 nitrogen and oxygen atoms in total. The summed E-state index contributed by atoms with van der Waals surface area (Å²) >= 11 is 0. The van der Waals surface area contributed by atoms with Crippen molar-refractivity contribution in [2.24, 2.45) is 11.8 Å². The molecule has 0 spiro atoms. The van der Waals surface area contributed by atoms with Gasteiger partial charge in [-0.25, -0.2) is 4.79 Å². The molecule has 1 heterocycles. The number of amides is 2. The van der Waals surface area contributed by atoms with Crippen molar-refractivity contribution in [3.05, 3.63) is 0 Å². The molecule has 2 N–H and O–H groups in total. The standard InChI is InChI=1S/C15H28N2O4/c1-12(2)11-21-9-7-16-15(20)17-8-3-4-13(10-17)5-6-14(18)19/h12-13H,3-11H2,1-2H3,(H,16,20)(H,18,19). The van der Waals surface area contributed by atoms with Crippen LogP contribution >= 0.6 is 0 Å². The van der Waals surface area contributed by atoms with Gasteiger partial charge in [0.15, 0.2) is 0 Å². The van der Waals surface area contributed by atoms with Gasteiger partial charge in [0.2, 0.25) is 0 Å². The third-order valence-electron chi connectivity index (χ3n) is 3.55. The molecule has 1 aliphatic rings. The van der Waals surface area contributed by atoms with E-state index in [-0.39, 0.29) is 12.5 Å². The number of rotatable bonds is 8. The largest absolute Gasteiger partial charge is 0.481 e. The number of nitrogens with zero attached hydrogens (tertiary/aromatic N) is 1. The van der Waals surface area contributed by atoms with E-state index in [9.17, 15) is 9.59 Å². The molecule has 122 valence electrons. The first kappa shape index (κ1) is 17.8. The molecule has 1 atom stereocenters. The van der Waals surface area contributed by atoms with Crippen molar-refractivity contribution in [1.29, 1.82) is 0 Å². The van der Waals surface area contributed by atoms with Gasteiger partial charge in [0.25, 0.3) is 0 Å². The molecule has 0 aromatic carbocycles. The Hall–Kier alpha value is -1.30. The average molecular weight is 300 g/mol.